The number of thioether (sulfide) groups is 1. The second-order valence-corrected chi connectivity index (χ2v) is 5.84. The highest BCUT2D eigenvalue weighted by molar-refractivity contribution is 9.10. The van der Waals surface area contributed by atoms with Gasteiger partial charge in [0.2, 0.25) is 0 Å². The van der Waals surface area contributed by atoms with Gasteiger partial charge in [0, 0.05) is 22.5 Å². The largest absolute Gasteiger partial charge is 0.303 e. The lowest BCUT2D eigenvalue weighted by molar-refractivity contribution is 0.324. The van der Waals surface area contributed by atoms with Crippen molar-refractivity contribution < 1.29 is 4.39 Å². The summed E-state index contributed by atoms with van der Waals surface area (Å²) in [6.45, 7) is 7.59. The highest BCUT2D eigenvalue weighted by Crippen LogP contribution is 2.19. The molecular formula is C13H19BrFNS. The lowest BCUT2D eigenvalue weighted by Gasteiger charge is -2.17. The van der Waals surface area contributed by atoms with Gasteiger partial charge in [0.25, 0.3) is 0 Å². The average molecular weight is 320 g/mol. The Balaban J connectivity index is 2.31. The molecule has 4 heteroatoms. The van der Waals surface area contributed by atoms with Crippen LogP contribution in [0.15, 0.2) is 22.7 Å². The van der Waals surface area contributed by atoms with Crippen LogP contribution in [0.3, 0.4) is 0 Å². The first-order valence-corrected chi connectivity index (χ1v) is 7.86. The third-order valence-electron chi connectivity index (χ3n) is 2.72. The Morgan fingerprint density at radius 1 is 1.29 bits per heavy atom. The fraction of sp³-hybridized carbons (Fsp3) is 0.538. The minimum atomic E-state index is -0.116. The van der Waals surface area contributed by atoms with Crippen LogP contribution in [0.1, 0.15) is 19.4 Å². The fourth-order valence-electron chi connectivity index (χ4n) is 1.55. The van der Waals surface area contributed by atoms with E-state index in [9.17, 15) is 4.39 Å². The molecule has 0 bridgehead atoms. The molecule has 0 atom stereocenters. The second kappa shape index (κ2) is 8.11. The first kappa shape index (κ1) is 15.0. The Kier molecular flexibility index (Phi) is 7.16. The van der Waals surface area contributed by atoms with E-state index in [1.807, 2.05) is 12.1 Å². The van der Waals surface area contributed by atoms with E-state index >= 15 is 0 Å². The van der Waals surface area contributed by atoms with Crippen molar-refractivity contribution in [2.75, 3.05) is 25.4 Å². The summed E-state index contributed by atoms with van der Waals surface area (Å²) in [6.07, 6.45) is 0. The molecule has 96 valence electrons. The lowest BCUT2D eigenvalue weighted by Crippen LogP contribution is -2.25. The van der Waals surface area contributed by atoms with E-state index in [0.717, 1.165) is 41.2 Å². The molecule has 1 rings (SSSR count). The van der Waals surface area contributed by atoms with E-state index in [1.54, 1.807) is 11.8 Å². The van der Waals surface area contributed by atoms with Crippen molar-refractivity contribution in [1.82, 2.24) is 4.90 Å². The van der Waals surface area contributed by atoms with E-state index in [1.165, 1.54) is 6.07 Å². The van der Waals surface area contributed by atoms with Crippen molar-refractivity contribution in [3.8, 4) is 0 Å². The van der Waals surface area contributed by atoms with Gasteiger partial charge in [-0.1, -0.05) is 35.8 Å². The summed E-state index contributed by atoms with van der Waals surface area (Å²) in [7, 11) is 0. The molecule has 17 heavy (non-hydrogen) atoms. The van der Waals surface area contributed by atoms with E-state index in [4.69, 9.17) is 0 Å². The Morgan fingerprint density at radius 3 is 2.59 bits per heavy atom. The van der Waals surface area contributed by atoms with Crippen LogP contribution in [-0.2, 0) is 5.75 Å². The van der Waals surface area contributed by atoms with Gasteiger partial charge in [0.15, 0.2) is 0 Å². The monoisotopic (exact) mass is 319 g/mol. The van der Waals surface area contributed by atoms with Crippen LogP contribution in [0, 0.1) is 5.82 Å². The van der Waals surface area contributed by atoms with Crippen molar-refractivity contribution in [1.29, 1.82) is 0 Å². The van der Waals surface area contributed by atoms with Crippen LogP contribution in [0.5, 0.6) is 0 Å². The second-order valence-electron chi connectivity index (χ2n) is 3.82. The quantitative estimate of drug-likeness (QED) is 0.694. The minimum absolute atomic E-state index is 0.116. The number of halogens is 2. The molecule has 0 unspecified atom stereocenters. The first-order valence-electron chi connectivity index (χ1n) is 5.91. The number of rotatable bonds is 7. The predicted molar refractivity (Wildman–Crippen MR) is 78.1 cm³/mol. The molecular weight excluding hydrogens is 301 g/mol. The molecule has 0 aliphatic carbocycles. The molecule has 0 heterocycles. The fourth-order valence-corrected chi connectivity index (χ4v) is 2.87. The molecule has 0 aromatic heterocycles. The summed E-state index contributed by atoms with van der Waals surface area (Å²) >= 11 is 5.05. The first-order chi connectivity index (χ1) is 8.17. The van der Waals surface area contributed by atoms with Gasteiger partial charge in [-0.3, -0.25) is 0 Å². The maximum absolute atomic E-state index is 13.5. The summed E-state index contributed by atoms with van der Waals surface area (Å²) in [5, 5.41) is 0. The van der Waals surface area contributed by atoms with E-state index < -0.39 is 0 Å². The predicted octanol–water partition coefficient (Wildman–Crippen LogP) is 4.16. The molecule has 0 radical (unpaired) electrons. The smallest absolute Gasteiger partial charge is 0.128 e. The molecule has 1 aromatic carbocycles. The van der Waals surface area contributed by atoms with E-state index in [0.29, 0.717) is 0 Å². The topological polar surface area (TPSA) is 3.24 Å². The molecule has 0 aliphatic rings. The van der Waals surface area contributed by atoms with Crippen molar-refractivity contribution in [3.63, 3.8) is 0 Å². The molecule has 0 amide bonds. The van der Waals surface area contributed by atoms with Gasteiger partial charge >= 0.3 is 0 Å². The van der Waals surface area contributed by atoms with Gasteiger partial charge in [0.05, 0.1) is 0 Å². The van der Waals surface area contributed by atoms with E-state index in [-0.39, 0.29) is 5.82 Å². The van der Waals surface area contributed by atoms with Gasteiger partial charge in [0.1, 0.15) is 5.82 Å². The van der Waals surface area contributed by atoms with Crippen LogP contribution in [0.2, 0.25) is 0 Å². The summed E-state index contributed by atoms with van der Waals surface area (Å²) in [4.78, 5) is 2.38. The zero-order valence-corrected chi connectivity index (χ0v) is 12.8. The summed E-state index contributed by atoms with van der Waals surface area (Å²) in [5.74, 6) is 1.69. The number of benzene rings is 1. The van der Waals surface area contributed by atoms with Crippen LogP contribution in [0.25, 0.3) is 0 Å². The van der Waals surface area contributed by atoms with Gasteiger partial charge in [-0.15, -0.1) is 0 Å². The third kappa shape index (κ3) is 5.40. The molecule has 0 spiro atoms. The lowest BCUT2D eigenvalue weighted by atomic mass is 10.2. The average Bonchev–Trinajstić information content (AvgIpc) is 2.32. The summed E-state index contributed by atoms with van der Waals surface area (Å²) < 4.78 is 14.3. The number of hydrogen-bond acceptors (Lipinski definition) is 2. The van der Waals surface area contributed by atoms with Crippen molar-refractivity contribution >= 4 is 27.7 Å². The third-order valence-corrected chi connectivity index (χ3v) is 4.20. The van der Waals surface area contributed by atoms with E-state index in [2.05, 4.69) is 34.7 Å². The molecule has 1 aromatic rings. The maximum atomic E-state index is 13.5. The van der Waals surface area contributed by atoms with Crippen LogP contribution < -0.4 is 0 Å². The molecule has 0 aliphatic heterocycles. The summed E-state index contributed by atoms with van der Waals surface area (Å²) in [5.41, 5.74) is 0.790. The molecule has 1 nitrogen and oxygen atoms in total. The van der Waals surface area contributed by atoms with Crippen molar-refractivity contribution in [2.24, 2.45) is 0 Å². The van der Waals surface area contributed by atoms with Crippen LogP contribution in [-0.4, -0.2) is 30.3 Å². The highest BCUT2D eigenvalue weighted by Gasteiger charge is 2.03. The van der Waals surface area contributed by atoms with Crippen molar-refractivity contribution in [3.05, 3.63) is 34.1 Å². The normalized spacial score (nSPS) is 11.1. The Bertz CT molecular complexity index is 342. The molecule has 0 saturated heterocycles. The minimum Gasteiger partial charge on any atom is -0.303 e. The van der Waals surface area contributed by atoms with Gasteiger partial charge < -0.3 is 4.90 Å². The Hall–Kier alpha value is -0.0600. The number of nitrogens with zero attached hydrogens (tertiary/aromatic N) is 1. The zero-order valence-electron chi connectivity index (χ0n) is 10.4. The van der Waals surface area contributed by atoms with Gasteiger partial charge in [-0.25, -0.2) is 4.39 Å². The molecule has 0 N–H and O–H groups in total. The summed E-state index contributed by atoms with van der Waals surface area (Å²) in [6, 6.07) is 5.27. The Labute approximate surface area is 116 Å². The zero-order chi connectivity index (χ0) is 12.7. The van der Waals surface area contributed by atoms with Gasteiger partial charge in [-0.2, -0.15) is 11.8 Å². The Morgan fingerprint density at radius 2 is 2.00 bits per heavy atom. The highest BCUT2D eigenvalue weighted by atomic mass is 79.9. The maximum Gasteiger partial charge on any atom is 0.128 e. The SMILES string of the molecule is CCN(CC)CCSCc1ccc(Br)cc1F. The van der Waals surface area contributed by atoms with Gasteiger partial charge in [-0.05, 0) is 30.8 Å². The number of hydrogen-bond donors (Lipinski definition) is 0. The van der Waals surface area contributed by atoms with Crippen molar-refractivity contribution in [2.45, 2.75) is 19.6 Å². The molecule has 0 fully saturated rings. The standard InChI is InChI=1S/C13H19BrFNS/c1-3-16(4-2)7-8-17-10-11-5-6-12(14)9-13(11)15/h5-6,9H,3-4,7-8,10H2,1-2H3. The molecule has 0 saturated carbocycles. The van der Waals surface area contributed by atoms with Crippen LogP contribution >= 0.6 is 27.7 Å². The van der Waals surface area contributed by atoms with Crippen LogP contribution in [0.4, 0.5) is 4.39 Å².